The van der Waals surface area contributed by atoms with Crippen LogP contribution in [0.5, 0.6) is 0 Å². The van der Waals surface area contributed by atoms with Crippen molar-refractivity contribution in [3.8, 4) is 11.4 Å². The summed E-state index contributed by atoms with van der Waals surface area (Å²) < 4.78 is 67.2. The molecule has 1 fully saturated rings. The van der Waals surface area contributed by atoms with Gasteiger partial charge in [0.15, 0.2) is 5.82 Å². The van der Waals surface area contributed by atoms with Crippen LogP contribution in [0, 0.1) is 17.6 Å². The zero-order valence-electron chi connectivity index (χ0n) is 21.6. The molecule has 1 aromatic carbocycles. The molecule has 1 aliphatic rings. The van der Waals surface area contributed by atoms with Gasteiger partial charge in [0.1, 0.15) is 23.1 Å². The number of hydrogen-bond donors (Lipinski definition) is 2. The van der Waals surface area contributed by atoms with Crippen molar-refractivity contribution in [2.24, 2.45) is 5.92 Å². The predicted molar refractivity (Wildman–Crippen MR) is 136 cm³/mol. The second-order valence-electron chi connectivity index (χ2n) is 9.34. The molecule has 1 saturated heterocycles. The molecule has 4 rings (SSSR count). The van der Waals surface area contributed by atoms with Crippen molar-refractivity contribution in [3.05, 3.63) is 71.2 Å². The van der Waals surface area contributed by atoms with Crippen LogP contribution in [0.25, 0.3) is 11.4 Å². The number of aromatic nitrogens is 3. The predicted octanol–water partition coefficient (Wildman–Crippen LogP) is 4.83. The molecule has 0 saturated carbocycles. The Hall–Kier alpha value is -4.16. The molecule has 2 N–H and O–H groups in total. The molecule has 0 aliphatic carbocycles. The van der Waals surface area contributed by atoms with Crippen molar-refractivity contribution >= 4 is 17.6 Å². The molecule has 3 aromatic rings. The van der Waals surface area contributed by atoms with Gasteiger partial charge in [-0.15, -0.1) is 0 Å². The fraction of sp³-hybridized carbons (Fsp3) is 0.370. The van der Waals surface area contributed by atoms with Gasteiger partial charge in [-0.25, -0.2) is 18.7 Å². The van der Waals surface area contributed by atoms with Crippen LogP contribution in [-0.2, 0) is 17.5 Å². The lowest BCUT2D eigenvalue weighted by Crippen LogP contribution is -2.44. The minimum Gasteiger partial charge on any atom is -0.366 e. The van der Waals surface area contributed by atoms with Crippen LogP contribution in [0.3, 0.4) is 0 Å². The van der Waals surface area contributed by atoms with E-state index in [1.807, 2.05) is 6.92 Å². The summed E-state index contributed by atoms with van der Waals surface area (Å²) in [6.45, 7) is 2.83. The zero-order chi connectivity index (χ0) is 28.9. The summed E-state index contributed by atoms with van der Waals surface area (Å²) in [6.07, 6.45) is -0.426. The molecule has 0 spiro atoms. The number of halogens is 5. The van der Waals surface area contributed by atoms with E-state index in [-0.39, 0.29) is 53.4 Å². The van der Waals surface area contributed by atoms with Gasteiger partial charge in [0.2, 0.25) is 5.91 Å². The molecule has 3 heterocycles. The first-order valence-corrected chi connectivity index (χ1v) is 12.7. The third kappa shape index (κ3) is 7.07. The largest absolute Gasteiger partial charge is 0.417 e. The van der Waals surface area contributed by atoms with Crippen LogP contribution in [0.15, 0.2) is 42.7 Å². The number of nitrogens with one attached hydrogen (secondary N) is 2. The Morgan fingerprint density at radius 3 is 2.65 bits per heavy atom. The Kier molecular flexibility index (Phi) is 8.90. The van der Waals surface area contributed by atoms with E-state index >= 15 is 0 Å². The first kappa shape index (κ1) is 28.8. The van der Waals surface area contributed by atoms with E-state index in [1.54, 1.807) is 4.90 Å². The Morgan fingerprint density at radius 2 is 1.93 bits per heavy atom. The van der Waals surface area contributed by atoms with Gasteiger partial charge in [0.25, 0.3) is 5.91 Å². The van der Waals surface area contributed by atoms with E-state index in [2.05, 4.69) is 25.6 Å². The smallest absolute Gasteiger partial charge is 0.366 e. The molecule has 2 aromatic heterocycles. The second-order valence-corrected chi connectivity index (χ2v) is 9.34. The first-order chi connectivity index (χ1) is 19.0. The Bertz CT molecular complexity index is 1380. The van der Waals surface area contributed by atoms with Gasteiger partial charge in [-0.05, 0) is 31.4 Å². The number of carbonyl (C=O) groups excluding carboxylic acids is 2. The van der Waals surface area contributed by atoms with Crippen LogP contribution in [-0.4, -0.2) is 51.3 Å². The molecule has 1 unspecified atom stereocenters. The normalized spacial score (nSPS) is 15.7. The maximum Gasteiger partial charge on any atom is 0.417 e. The summed E-state index contributed by atoms with van der Waals surface area (Å²) in [5.74, 6) is -2.38. The van der Waals surface area contributed by atoms with E-state index in [0.717, 1.165) is 37.6 Å². The summed E-state index contributed by atoms with van der Waals surface area (Å²) in [6, 6.07) is 5.09. The van der Waals surface area contributed by atoms with Crippen molar-refractivity contribution in [3.63, 3.8) is 0 Å². The molecule has 212 valence electrons. The van der Waals surface area contributed by atoms with Gasteiger partial charge >= 0.3 is 6.18 Å². The minimum atomic E-state index is -4.66. The van der Waals surface area contributed by atoms with Gasteiger partial charge < -0.3 is 15.5 Å². The fourth-order valence-corrected chi connectivity index (χ4v) is 4.37. The van der Waals surface area contributed by atoms with Gasteiger partial charge in [0, 0.05) is 67.8 Å². The van der Waals surface area contributed by atoms with E-state index < -0.39 is 29.3 Å². The fourth-order valence-electron chi connectivity index (χ4n) is 4.37. The maximum atomic E-state index is 14.1. The van der Waals surface area contributed by atoms with E-state index in [1.165, 1.54) is 12.1 Å². The summed E-state index contributed by atoms with van der Waals surface area (Å²) >= 11 is 0. The molecule has 8 nitrogen and oxygen atoms in total. The molecule has 0 bridgehead atoms. The number of alkyl halides is 3. The average Bonchev–Trinajstić information content (AvgIpc) is 2.93. The summed E-state index contributed by atoms with van der Waals surface area (Å²) in [4.78, 5) is 39.2. The van der Waals surface area contributed by atoms with Crippen LogP contribution < -0.4 is 10.6 Å². The van der Waals surface area contributed by atoms with E-state index in [9.17, 15) is 31.5 Å². The minimum absolute atomic E-state index is 0.0216. The number of pyridine rings is 1. The molecule has 1 aliphatic heterocycles. The highest BCUT2D eigenvalue weighted by molar-refractivity contribution is 5.93. The average molecular weight is 563 g/mol. The molecule has 2 amide bonds. The molecule has 13 heteroatoms. The highest BCUT2D eigenvalue weighted by Crippen LogP contribution is 2.31. The third-order valence-electron chi connectivity index (χ3n) is 6.56. The maximum absolute atomic E-state index is 14.1. The quantitative estimate of drug-likeness (QED) is 0.363. The monoisotopic (exact) mass is 562 g/mol. The number of anilines is 1. The number of rotatable bonds is 9. The Balaban J connectivity index is 1.55. The van der Waals surface area contributed by atoms with E-state index in [0.29, 0.717) is 25.4 Å². The first-order valence-electron chi connectivity index (χ1n) is 12.7. The highest BCUT2D eigenvalue weighted by atomic mass is 19.4. The topological polar surface area (TPSA) is 100 Å². The van der Waals surface area contributed by atoms with Crippen molar-refractivity contribution in [1.82, 2.24) is 25.2 Å². The van der Waals surface area contributed by atoms with Crippen LogP contribution in [0.4, 0.5) is 27.8 Å². The molecule has 1 atom stereocenters. The van der Waals surface area contributed by atoms with Crippen molar-refractivity contribution in [2.75, 3.05) is 25.0 Å². The lowest BCUT2D eigenvalue weighted by molar-refractivity contribution is -0.138. The number of likely N-dealkylation sites (tertiary alicyclic amines) is 1. The third-order valence-corrected chi connectivity index (χ3v) is 6.56. The van der Waals surface area contributed by atoms with Crippen LogP contribution in [0.2, 0.25) is 0 Å². The number of piperidine rings is 1. The van der Waals surface area contributed by atoms with Crippen molar-refractivity contribution in [1.29, 1.82) is 0 Å². The van der Waals surface area contributed by atoms with Gasteiger partial charge in [-0.1, -0.05) is 13.0 Å². The summed E-state index contributed by atoms with van der Waals surface area (Å²) in [7, 11) is 0. The lowest BCUT2D eigenvalue weighted by Gasteiger charge is -2.31. The van der Waals surface area contributed by atoms with Crippen molar-refractivity contribution < 1.29 is 31.5 Å². The summed E-state index contributed by atoms with van der Waals surface area (Å²) in [5, 5.41) is 5.49. The second kappa shape index (κ2) is 12.3. The number of nitrogens with zero attached hydrogens (tertiary/aromatic N) is 4. The van der Waals surface area contributed by atoms with Gasteiger partial charge in [-0.3, -0.25) is 14.6 Å². The van der Waals surface area contributed by atoms with Crippen LogP contribution >= 0.6 is 0 Å². The standard InChI is InChI=1S/C27H27F5N6O2/c1-2-16-4-3-8-38(26(16)40)9-7-34-25(39)22-12-23(35-14-17-5-6-20(28)11-21(17)29)37-24(36-22)18-10-19(15-33-13-18)27(30,31)32/h5-6,10-13,15-16H,2-4,7-9,14H2,1H3,(H,34,39)(H,35,36,37). The highest BCUT2D eigenvalue weighted by Gasteiger charge is 2.31. The SMILES string of the molecule is CCC1CCCN(CCNC(=O)c2cc(NCc3ccc(F)cc3F)nc(-c3cncc(C(F)(F)F)c3)n2)C1=O. The van der Waals surface area contributed by atoms with E-state index in [4.69, 9.17) is 0 Å². The number of hydrogen-bond acceptors (Lipinski definition) is 6. The molecule has 40 heavy (non-hydrogen) atoms. The van der Waals surface area contributed by atoms with Crippen LogP contribution in [0.1, 0.15) is 47.8 Å². The number of carbonyl (C=O) groups is 2. The molecular formula is C27H27F5N6O2. The Labute approximate surface area is 227 Å². The number of benzene rings is 1. The summed E-state index contributed by atoms with van der Waals surface area (Å²) in [5.41, 5.74) is -1.18. The zero-order valence-corrected chi connectivity index (χ0v) is 21.6. The van der Waals surface area contributed by atoms with Crippen molar-refractivity contribution in [2.45, 2.75) is 38.9 Å². The van der Waals surface area contributed by atoms with Gasteiger partial charge in [0.05, 0.1) is 5.56 Å². The Morgan fingerprint density at radius 1 is 1.12 bits per heavy atom. The number of amides is 2. The molecule has 0 radical (unpaired) electrons. The van der Waals surface area contributed by atoms with Gasteiger partial charge in [-0.2, -0.15) is 13.2 Å². The molecular weight excluding hydrogens is 535 g/mol. The lowest BCUT2D eigenvalue weighted by atomic mass is 9.95.